The first-order chi connectivity index (χ1) is 16.9. The van der Waals surface area contributed by atoms with Gasteiger partial charge in [0.05, 0.1) is 23.7 Å². The molecule has 6 nitrogen and oxygen atoms in total. The molecule has 2 N–H and O–H groups in total. The molecule has 0 spiro atoms. The maximum atomic E-state index is 12.7. The maximum absolute atomic E-state index is 12.7. The minimum atomic E-state index is 0.0954. The molecule has 0 amide bonds. The van der Waals surface area contributed by atoms with Crippen molar-refractivity contribution < 1.29 is 14.3 Å². The Balaban J connectivity index is 1.11. The molecule has 1 saturated carbocycles. The van der Waals surface area contributed by atoms with Crippen molar-refractivity contribution in [3.8, 4) is 11.5 Å². The second-order valence-electron chi connectivity index (χ2n) is 9.79. The number of nitrogens with zero attached hydrogens (tertiary/aromatic N) is 2. The van der Waals surface area contributed by atoms with Gasteiger partial charge in [0.1, 0.15) is 17.6 Å². The zero-order valence-corrected chi connectivity index (χ0v) is 21.2. The molecule has 0 bridgehead atoms. The summed E-state index contributed by atoms with van der Waals surface area (Å²) < 4.78 is 12.1. The second kappa shape index (κ2) is 10.3. The number of rotatable bonds is 10. The number of aryl methyl sites for hydroxylation is 1. The number of benzene rings is 2. The Morgan fingerprint density at radius 3 is 2.49 bits per heavy atom. The lowest BCUT2D eigenvalue weighted by atomic mass is 9.95. The number of ether oxygens (including phenoxy) is 2. The smallest absolute Gasteiger partial charge is 0.180 e. The number of anilines is 2. The molecule has 3 aromatic rings. The minimum absolute atomic E-state index is 0.0954. The molecule has 1 aromatic heterocycles. The van der Waals surface area contributed by atoms with E-state index in [-0.39, 0.29) is 17.8 Å². The van der Waals surface area contributed by atoms with Crippen LogP contribution >= 0.6 is 11.3 Å². The van der Waals surface area contributed by atoms with Crippen LogP contribution in [0.5, 0.6) is 11.5 Å². The zero-order valence-electron chi connectivity index (χ0n) is 20.4. The van der Waals surface area contributed by atoms with Crippen LogP contribution in [0.1, 0.15) is 59.5 Å². The van der Waals surface area contributed by atoms with Crippen LogP contribution in [0, 0.1) is 12.8 Å². The fourth-order valence-electron chi connectivity index (χ4n) is 4.54. The van der Waals surface area contributed by atoms with E-state index >= 15 is 0 Å². The van der Waals surface area contributed by atoms with Gasteiger partial charge in [-0.1, -0.05) is 30.4 Å². The van der Waals surface area contributed by atoms with Gasteiger partial charge in [0.25, 0.3) is 0 Å². The van der Waals surface area contributed by atoms with Gasteiger partial charge in [0.2, 0.25) is 0 Å². The topological polar surface area (TPSA) is 77.7 Å². The van der Waals surface area contributed by atoms with Gasteiger partial charge in [0.15, 0.2) is 10.9 Å². The van der Waals surface area contributed by atoms with E-state index in [0.29, 0.717) is 16.4 Å². The van der Waals surface area contributed by atoms with Crippen molar-refractivity contribution in [2.75, 3.05) is 30.3 Å². The molecular formula is C28H33N3O3S. The van der Waals surface area contributed by atoms with Crippen molar-refractivity contribution in [3.05, 3.63) is 64.7 Å². The number of ketones is 1. The molecular weight excluding hydrogens is 458 g/mol. The summed E-state index contributed by atoms with van der Waals surface area (Å²) in [5.41, 5.74) is 8.80. The van der Waals surface area contributed by atoms with E-state index in [2.05, 4.69) is 53.2 Å². The third-order valence-corrected chi connectivity index (χ3v) is 7.87. The number of Topliss-reactive ketones (excluding diaryl/α,β-unsaturated/α-hetero) is 1. The van der Waals surface area contributed by atoms with E-state index < -0.39 is 0 Å². The molecule has 2 fully saturated rings. The highest BCUT2D eigenvalue weighted by Gasteiger charge is 2.25. The highest BCUT2D eigenvalue weighted by atomic mass is 32.1. The largest absolute Gasteiger partial charge is 0.493 e. The summed E-state index contributed by atoms with van der Waals surface area (Å²) in [7, 11) is 0. The highest BCUT2D eigenvalue weighted by molar-refractivity contribution is 7.17. The van der Waals surface area contributed by atoms with E-state index in [9.17, 15) is 4.79 Å². The molecule has 1 aliphatic heterocycles. The number of carbonyl (C=O) groups excluding carboxylic acids is 1. The van der Waals surface area contributed by atoms with Crippen molar-refractivity contribution in [1.29, 1.82) is 0 Å². The van der Waals surface area contributed by atoms with Gasteiger partial charge >= 0.3 is 0 Å². The molecule has 2 atom stereocenters. The molecule has 5 rings (SSSR count). The minimum Gasteiger partial charge on any atom is -0.493 e. The van der Waals surface area contributed by atoms with Crippen LogP contribution in [0.2, 0.25) is 0 Å². The number of hydrogen-bond acceptors (Lipinski definition) is 7. The maximum Gasteiger partial charge on any atom is 0.180 e. The Morgan fingerprint density at radius 1 is 1.11 bits per heavy atom. The second-order valence-corrected chi connectivity index (χ2v) is 10.8. The van der Waals surface area contributed by atoms with E-state index in [1.54, 1.807) is 0 Å². The molecule has 2 aliphatic rings. The highest BCUT2D eigenvalue weighted by Crippen LogP contribution is 2.31. The Bertz CT molecular complexity index is 1160. The third-order valence-electron chi connectivity index (χ3n) is 6.84. The molecule has 0 radical (unpaired) electrons. The van der Waals surface area contributed by atoms with Crippen molar-refractivity contribution in [2.45, 2.75) is 51.6 Å². The fourth-order valence-corrected chi connectivity index (χ4v) is 5.32. The third kappa shape index (κ3) is 5.96. The first-order valence-electron chi connectivity index (χ1n) is 12.4. The van der Waals surface area contributed by atoms with Crippen LogP contribution < -0.4 is 20.1 Å². The average molecular weight is 492 g/mol. The monoisotopic (exact) mass is 491 g/mol. The van der Waals surface area contributed by atoms with Gasteiger partial charge in [-0.25, -0.2) is 4.98 Å². The lowest BCUT2D eigenvalue weighted by Crippen LogP contribution is -2.24. The van der Waals surface area contributed by atoms with Crippen molar-refractivity contribution >= 4 is 27.9 Å². The van der Waals surface area contributed by atoms with Crippen LogP contribution in [0.3, 0.4) is 0 Å². The number of carbonyl (C=O) groups is 1. The molecule has 184 valence electrons. The first-order valence-corrected chi connectivity index (χ1v) is 13.3. The first kappa shape index (κ1) is 23.7. The Hall–Kier alpha value is -3.06. The van der Waals surface area contributed by atoms with Crippen LogP contribution in [0.4, 0.5) is 10.8 Å². The molecule has 1 saturated heterocycles. The summed E-state index contributed by atoms with van der Waals surface area (Å²) in [5.74, 6) is 2.79. The predicted molar refractivity (Wildman–Crippen MR) is 141 cm³/mol. The number of thiazole rings is 1. The molecule has 35 heavy (non-hydrogen) atoms. The summed E-state index contributed by atoms with van der Waals surface area (Å²) in [6.45, 7) is 6.59. The standard InChI is InChI=1S/C28H33N3O3S/c1-18(15-26(32)27-19(2)30-28(29)35-27)21-5-9-24(10-6-21)34-25-13-14-31(16-25)22-7-11-23(12-8-22)33-17-20-3-4-20/h5-12,18,20,25H,3-4,13-17H2,1-2H3,(H2,29,30)/t18-,25-/m1/s1. The summed E-state index contributed by atoms with van der Waals surface area (Å²) >= 11 is 1.27. The van der Waals surface area contributed by atoms with E-state index in [1.807, 2.05) is 19.1 Å². The normalized spacial score (nSPS) is 18.5. The Morgan fingerprint density at radius 2 is 1.83 bits per heavy atom. The quantitative estimate of drug-likeness (QED) is 0.358. The Labute approximate surface area is 211 Å². The van der Waals surface area contributed by atoms with E-state index in [4.69, 9.17) is 15.2 Å². The summed E-state index contributed by atoms with van der Waals surface area (Å²) in [5, 5.41) is 0.445. The van der Waals surface area contributed by atoms with Crippen LogP contribution in [-0.4, -0.2) is 36.6 Å². The molecule has 1 aliphatic carbocycles. The van der Waals surface area contributed by atoms with Gasteiger partial charge < -0.3 is 20.1 Å². The SMILES string of the molecule is Cc1nc(N)sc1C(=O)C[C@@H](C)c1ccc(O[C@@H]2CCN(c3ccc(OCC4CC4)cc3)C2)cc1. The zero-order chi connectivity index (χ0) is 24.4. The number of nitrogen functional groups attached to an aromatic ring is 1. The number of aromatic nitrogens is 1. The average Bonchev–Trinajstić information content (AvgIpc) is 3.47. The van der Waals surface area contributed by atoms with Gasteiger partial charge in [-0.3, -0.25) is 4.79 Å². The van der Waals surface area contributed by atoms with Crippen molar-refractivity contribution in [2.24, 2.45) is 5.92 Å². The molecule has 0 unspecified atom stereocenters. The number of nitrogens with two attached hydrogens (primary N) is 1. The van der Waals surface area contributed by atoms with Crippen LogP contribution in [0.25, 0.3) is 0 Å². The molecule has 7 heteroatoms. The summed E-state index contributed by atoms with van der Waals surface area (Å²) in [4.78, 5) is 19.9. The molecule has 2 heterocycles. The van der Waals surface area contributed by atoms with Crippen molar-refractivity contribution in [3.63, 3.8) is 0 Å². The predicted octanol–water partition coefficient (Wildman–Crippen LogP) is 5.86. The van der Waals surface area contributed by atoms with Gasteiger partial charge in [-0.15, -0.1) is 0 Å². The summed E-state index contributed by atoms with van der Waals surface area (Å²) in [6.07, 6.45) is 4.19. The van der Waals surface area contributed by atoms with Gasteiger partial charge in [-0.2, -0.15) is 0 Å². The summed E-state index contributed by atoms with van der Waals surface area (Å²) in [6, 6.07) is 16.6. The van der Waals surface area contributed by atoms with Crippen molar-refractivity contribution in [1.82, 2.24) is 4.98 Å². The van der Waals surface area contributed by atoms with Crippen LogP contribution in [0.15, 0.2) is 48.5 Å². The van der Waals surface area contributed by atoms with Gasteiger partial charge in [0, 0.05) is 25.1 Å². The van der Waals surface area contributed by atoms with Gasteiger partial charge in [-0.05, 0) is 73.6 Å². The lowest BCUT2D eigenvalue weighted by Gasteiger charge is -2.20. The van der Waals surface area contributed by atoms with E-state index in [1.165, 1.54) is 29.9 Å². The number of hydrogen-bond donors (Lipinski definition) is 1. The lowest BCUT2D eigenvalue weighted by molar-refractivity contribution is 0.0979. The molecule has 2 aromatic carbocycles. The fraction of sp³-hybridized carbons (Fsp3) is 0.429. The Kier molecular flexibility index (Phi) is 6.95. The van der Waals surface area contributed by atoms with E-state index in [0.717, 1.165) is 54.8 Å². The van der Waals surface area contributed by atoms with Crippen LogP contribution in [-0.2, 0) is 0 Å².